The van der Waals surface area contributed by atoms with Gasteiger partial charge in [0.25, 0.3) is 11.5 Å². The van der Waals surface area contributed by atoms with Crippen LogP contribution < -0.4 is 15.6 Å². The second-order valence-electron chi connectivity index (χ2n) is 6.44. The molecule has 150 valence electrons. The molecule has 0 fully saturated rings. The predicted octanol–water partition coefficient (Wildman–Crippen LogP) is 2.11. The number of benzene rings is 2. The third-order valence-electron chi connectivity index (χ3n) is 4.15. The van der Waals surface area contributed by atoms with Crippen molar-refractivity contribution in [3.05, 3.63) is 70.8 Å². The molecule has 0 aliphatic rings. The predicted molar refractivity (Wildman–Crippen MR) is 106 cm³/mol. The summed E-state index contributed by atoms with van der Waals surface area (Å²) in [5.41, 5.74) is 0.196. The SMILES string of the molecule is C[C@H](NC(=O)COc1ccccc1)C(=O)O[C@@H](C)c1nc2ccccc2c(=O)[nH]1. The number of hydrogen-bond donors (Lipinski definition) is 2. The van der Waals surface area contributed by atoms with Gasteiger partial charge in [-0.1, -0.05) is 30.3 Å². The average Bonchev–Trinajstić information content (AvgIpc) is 2.73. The number of aromatic amines is 1. The van der Waals surface area contributed by atoms with Crippen LogP contribution in [-0.4, -0.2) is 34.5 Å². The summed E-state index contributed by atoms with van der Waals surface area (Å²) in [7, 11) is 0. The zero-order valence-electron chi connectivity index (χ0n) is 16.0. The molecule has 0 aliphatic carbocycles. The monoisotopic (exact) mass is 395 g/mol. The van der Waals surface area contributed by atoms with E-state index in [0.717, 1.165) is 0 Å². The summed E-state index contributed by atoms with van der Waals surface area (Å²) in [5.74, 6) is -0.324. The van der Waals surface area contributed by atoms with E-state index in [-0.39, 0.29) is 18.0 Å². The molecule has 2 N–H and O–H groups in total. The zero-order valence-corrected chi connectivity index (χ0v) is 16.0. The van der Waals surface area contributed by atoms with Crippen LogP contribution >= 0.6 is 0 Å². The van der Waals surface area contributed by atoms with E-state index in [0.29, 0.717) is 16.7 Å². The maximum Gasteiger partial charge on any atom is 0.329 e. The highest BCUT2D eigenvalue weighted by atomic mass is 16.5. The summed E-state index contributed by atoms with van der Waals surface area (Å²) in [5, 5.41) is 2.97. The number of para-hydroxylation sites is 2. The largest absolute Gasteiger partial charge is 0.484 e. The van der Waals surface area contributed by atoms with Crippen molar-refractivity contribution in [1.82, 2.24) is 15.3 Å². The Balaban J connectivity index is 1.56. The standard InChI is InChI=1S/C21H21N3O5/c1-13(22-18(25)12-28-15-8-4-3-5-9-15)21(27)29-14(2)19-23-17-11-7-6-10-16(17)20(26)24-19/h3-11,13-14H,12H2,1-2H3,(H,22,25)(H,23,24,26)/t13-,14-/m0/s1. The van der Waals surface area contributed by atoms with Crippen LogP contribution in [0.15, 0.2) is 59.4 Å². The summed E-state index contributed by atoms with van der Waals surface area (Å²) < 4.78 is 10.7. The van der Waals surface area contributed by atoms with Crippen LogP contribution in [0, 0.1) is 0 Å². The van der Waals surface area contributed by atoms with Gasteiger partial charge in [0.1, 0.15) is 11.8 Å². The number of rotatable bonds is 7. The van der Waals surface area contributed by atoms with Crippen LogP contribution in [0.3, 0.4) is 0 Å². The molecule has 0 saturated carbocycles. The number of aromatic nitrogens is 2. The average molecular weight is 395 g/mol. The first kappa shape index (κ1) is 20.1. The summed E-state index contributed by atoms with van der Waals surface area (Å²) in [6.45, 7) is 2.88. The van der Waals surface area contributed by atoms with Crippen LogP contribution in [0.2, 0.25) is 0 Å². The molecule has 2 atom stereocenters. The molecule has 29 heavy (non-hydrogen) atoms. The van der Waals surface area contributed by atoms with E-state index >= 15 is 0 Å². The van der Waals surface area contributed by atoms with E-state index < -0.39 is 24.0 Å². The number of carbonyl (C=O) groups is 2. The summed E-state index contributed by atoms with van der Waals surface area (Å²) in [6, 6.07) is 14.9. The van der Waals surface area contributed by atoms with Gasteiger partial charge in [0.05, 0.1) is 10.9 Å². The molecule has 1 heterocycles. The van der Waals surface area contributed by atoms with E-state index in [1.165, 1.54) is 6.92 Å². The molecule has 0 unspecified atom stereocenters. The number of esters is 1. The zero-order chi connectivity index (χ0) is 20.8. The highest BCUT2D eigenvalue weighted by Gasteiger charge is 2.22. The van der Waals surface area contributed by atoms with Crippen molar-refractivity contribution in [2.75, 3.05) is 6.61 Å². The lowest BCUT2D eigenvalue weighted by atomic mass is 10.2. The van der Waals surface area contributed by atoms with Crippen molar-refractivity contribution in [2.24, 2.45) is 0 Å². The van der Waals surface area contributed by atoms with Gasteiger partial charge >= 0.3 is 5.97 Å². The third-order valence-corrected chi connectivity index (χ3v) is 4.15. The third kappa shape index (κ3) is 5.19. The summed E-state index contributed by atoms with van der Waals surface area (Å²) in [4.78, 5) is 43.4. The lowest BCUT2D eigenvalue weighted by Gasteiger charge is -2.17. The second-order valence-corrected chi connectivity index (χ2v) is 6.44. The fourth-order valence-corrected chi connectivity index (χ4v) is 2.64. The van der Waals surface area contributed by atoms with Gasteiger partial charge in [0.2, 0.25) is 0 Å². The Kier molecular flexibility index (Phi) is 6.23. The quantitative estimate of drug-likeness (QED) is 0.593. The number of H-pyrrole nitrogens is 1. The molecule has 0 spiro atoms. The molecule has 1 aromatic heterocycles. The minimum absolute atomic E-state index is 0.225. The molecular weight excluding hydrogens is 374 g/mol. The molecule has 3 aromatic rings. The molecule has 3 rings (SSSR count). The Bertz CT molecular complexity index is 1060. The lowest BCUT2D eigenvalue weighted by molar-refractivity contribution is -0.152. The van der Waals surface area contributed by atoms with E-state index in [1.807, 2.05) is 6.07 Å². The minimum Gasteiger partial charge on any atom is -0.484 e. The highest BCUT2D eigenvalue weighted by Crippen LogP contribution is 2.15. The van der Waals surface area contributed by atoms with Gasteiger partial charge in [0.15, 0.2) is 18.5 Å². The Morgan fingerprint density at radius 3 is 2.52 bits per heavy atom. The fourth-order valence-electron chi connectivity index (χ4n) is 2.64. The van der Waals surface area contributed by atoms with Crippen molar-refractivity contribution >= 4 is 22.8 Å². The summed E-state index contributed by atoms with van der Waals surface area (Å²) in [6.07, 6.45) is -0.792. The van der Waals surface area contributed by atoms with Crippen LogP contribution in [0.1, 0.15) is 25.8 Å². The molecule has 8 heteroatoms. The maximum absolute atomic E-state index is 12.3. The van der Waals surface area contributed by atoms with E-state index in [2.05, 4.69) is 15.3 Å². The maximum atomic E-state index is 12.3. The number of hydrogen-bond acceptors (Lipinski definition) is 6. The van der Waals surface area contributed by atoms with Gasteiger partial charge in [-0.25, -0.2) is 9.78 Å². The number of fused-ring (bicyclic) bond motifs is 1. The Labute approximate surface area is 166 Å². The van der Waals surface area contributed by atoms with Crippen LogP contribution in [0.4, 0.5) is 0 Å². The smallest absolute Gasteiger partial charge is 0.329 e. The molecule has 8 nitrogen and oxygen atoms in total. The molecule has 1 amide bonds. The topological polar surface area (TPSA) is 110 Å². The first-order valence-electron chi connectivity index (χ1n) is 9.10. The molecule has 0 radical (unpaired) electrons. The van der Waals surface area contributed by atoms with Gasteiger partial charge < -0.3 is 19.8 Å². The van der Waals surface area contributed by atoms with Crippen molar-refractivity contribution < 1.29 is 19.1 Å². The van der Waals surface area contributed by atoms with Crippen LogP contribution in [0.5, 0.6) is 5.75 Å². The van der Waals surface area contributed by atoms with Crippen molar-refractivity contribution in [2.45, 2.75) is 26.0 Å². The molecule has 2 aromatic carbocycles. The van der Waals surface area contributed by atoms with Crippen molar-refractivity contribution in [1.29, 1.82) is 0 Å². The lowest BCUT2D eigenvalue weighted by Crippen LogP contribution is -2.42. The first-order valence-corrected chi connectivity index (χ1v) is 9.10. The van der Waals surface area contributed by atoms with Gasteiger partial charge in [-0.2, -0.15) is 0 Å². The van der Waals surface area contributed by atoms with Crippen LogP contribution in [-0.2, 0) is 14.3 Å². The highest BCUT2D eigenvalue weighted by molar-refractivity contribution is 5.85. The number of amides is 1. The number of ether oxygens (including phenoxy) is 2. The van der Waals surface area contributed by atoms with Crippen molar-refractivity contribution in [3.63, 3.8) is 0 Å². The van der Waals surface area contributed by atoms with Gasteiger partial charge in [0, 0.05) is 0 Å². The van der Waals surface area contributed by atoms with E-state index in [1.54, 1.807) is 55.5 Å². The molecule has 0 aliphatic heterocycles. The Hall–Kier alpha value is -3.68. The van der Waals surface area contributed by atoms with Gasteiger partial charge in [-0.05, 0) is 38.1 Å². The van der Waals surface area contributed by atoms with Crippen LogP contribution in [0.25, 0.3) is 10.9 Å². The van der Waals surface area contributed by atoms with Gasteiger partial charge in [-0.15, -0.1) is 0 Å². The fraction of sp³-hybridized carbons (Fsp3) is 0.238. The molecule has 0 bridgehead atoms. The Morgan fingerprint density at radius 2 is 1.76 bits per heavy atom. The van der Waals surface area contributed by atoms with Crippen molar-refractivity contribution in [3.8, 4) is 5.75 Å². The van der Waals surface area contributed by atoms with E-state index in [4.69, 9.17) is 9.47 Å². The molecule has 0 saturated heterocycles. The first-order chi connectivity index (χ1) is 13.9. The Morgan fingerprint density at radius 1 is 1.07 bits per heavy atom. The second kappa shape index (κ2) is 9.01. The molecular formula is C21H21N3O5. The van der Waals surface area contributed by atoms with E-state index in [9.17, 15) is 14.4 Å². The number of nitrogens with zero attached hydrogens (tertiary/aromatic N) is 1. The number of nitrogens with one attached hydrogen (secondary N) is 2. The number of carbonyl (C=O) groups excluding carboxylic acids is 2. The minimum atomic E-state index is -0.892. The van der Waals surface area contributed by atoms with Gasteiger partial charge in [-0.3, -0.25) is 9.59 Å². The normalized spacial score (nSPS) is 12.8. The summed E-state index contributed by atoms with van der Waals surface area (Å²) >= 11 is 0.